The van der Waals surface area contributed by atoms with Gasteiger partial charge in [0, 0.05) is 17.3 Å². The molecule has 21 heavy (non-hydrogen) atoms. The third-order valence-corrected chi connectivity index (χ3v) is 2.91. The lowest BCUT2D eigenvalue weighted by atomic mass is 10.2. The quantitative estimate of drug-likeness (QED) is 0.729. The number of amides is 1. The maximum absolute atomic E-state index is 11.4. The Morgan fingerprint density at radius 3 is 2.76 bits per heavy atom. The molecule has 1 N–H and O–H groups in total. The van der Waals surface area contributed by atoms with E-state index in [9.17, 15) is 4.79 Å². The van der Waals surface area contributed by atoms with E-state index in [1.54, 1.807) is 25.1 Å². The monoisotopic (exact) mass is 276 g/mol. The van der Waals surface area contributed by atoms with Crippen molar-refractivity contribution in [3.05, 3.63) is 48.5 Å². The number of nitrogens with zero attached hydrogens (tertiary/aromatic N) is 1. The van der Waals surface area contributed by atoms with E-state index < -0.39 is 0 Å². The van der Waals surface area contributed by atoms with E-state index in [0.29, 0.717) is 17.2 Å². The van der Waals surface area contributed by atoms with Gasteiger partial charge in [-0.3, -0.25) is 4.79 Å². The molecule has 0 saturated carbocycles. The number of aromatic nitrogens is 1. The fraction of sp³-hybridized carbons (Fsp3) is 0.0588. The number of anilines is 1. The van der Waals surface area contributed by atoms with E-state index in [2.05, 4.69) is 22.1 Å². The Hall–Kier alpha value is -3.06. The maximum Gasteiger partial charge on any atom is 0.300 e. The normalized spacial score (nSPS) is 9.95. The van der Waals surface area contributed by atoms with E-state index in [1.165, 1.54) is 0 Å². The molecule has 0 bridgehead atoms. The minimum atomic E-state index is -0.348. The molecule has 0 atom stereocenters. The minimum absolute atomic E-state index is 0.348. The van der Waals surface area contributed by atoms with Crippen LogP contribution in [0.1, 0.15) is 6.92 Å². The van der Waals surface area contributed by atoms with Crippen LogP contribution in [0.4, 0.5) is 5.69 Å². The molecule has 0 aliphatic heterocycles. The number of carbonyl (C=O) groups excluding carboxylic acids is 1. The van der Waals surface area contributed by atoms with Gasteiger partial charge in [-0.05, 0) is 37.1 Å². The lowest BCUT2D eigenvalue weighted by Gasteiger charge is -1.99. The summed E-state index contributed by atoms with van der Waals surface area (Å²) in [6, 6.07) is 15.0. The van der Waals surface area contributed by atoms with E-state index in [0.717, 1.165) is 11.1 Å². The van der Waals surface area contributed by atoms with Gasteiger partial charge in [0.2, 0.25) is 5.89 Å². The van der Waals surface area contributed by atoms with Crippen LogP contribution in [0.3, 0.4) is 0 Å². The number of oxazole rings is 1. The summed E-state index contributed by atoms with van der Waals surface area (Å²) in [5.41, 5.74) is 2.91. The van der Waals surface area contributed by atoms with Crippen LogP contribution in [0.5, 0.6) is 0 Å². The molecule has 3 rings (SSSR count). The highest BCUT2D eigenvalue weighted by atomic mass is 16.3. The molecule has 0 aliphatic rings. The first-order chi connectivity index (χ1) is 10.3. The first kappa shape index (κ1) is 12.9. The smallest absolute Gasteiger partial charge is 0.300 e. The molecule has 1 heterocycles. The Kier molecular flexibility index (Phi) is 3.40. The van der Waals surface area contributed by atoms with Gasteiger partial charge >= 0.3 is 0 Å². The molecule has 0 radical (unpaired) electrons. The second kappa shape index (κ2) is 5.51. The van der Waals surface area contributed by atoms with Crippen LogP contribution in [-0.2, 0) is 4.79 Å². The topological polar surface area (TPSA) is 55.1 Å². The summed E-state index contributed by atoms with van der Waals surface area (Å²) in [5.74, 6) is 5.19. The van der Waals surface area contributed by atoms with Crippen LogP contribution < -0.4 is 5.32 Å². The van der Waals surface area contributed by atoms with Crippen LogP contribution in [0.2, 0.25) is 0 Å². The average Bonchev–Trinajstić information content (AvgIpc) is 2.91. The Morgan fingerprint density at radius 2 is 2.00 bits per heavy atom. The van der Waals surface area contributed by atoms with Crippen molar-refractivity contribution in [1.29, 1.82) is 0 Å². The lowest BCUT2D eigenvalue weighted by Crippen LogP contribution is -2.07. The van der Waals surface area contributed by atoms with Crippen molar-refractivity contribution in [3.63, 3.8) is 0 Å². The van der Waals surface area contributed by atoms with Crippen molar-refractivity contribution in [3.8, 4) is 23.3 Å². The second-order valence-corrected chi connectivity index (χ2v) is 4.40. The van der Waals surface area contributed by atoms with E-state index in [1.807, 2.05) is 30.3 Å². The largest absolute Gasteiger partial charge is 0.436 e. The molecule has 0 spiro atoms. The molecular formula is C17H12N2O2. The molecule has 0 aliphatic carbocycles. The van der Waals surface area contributed by atoms with Gasteiger partial charge in [-0.1, -0.05) is 24.1 Å². The molecule has 102 valence electrons. The summed E-state index contributed by atoms with van der Waals surface area (Å²) in [5, 5.41) is 2.68. The summed E-state index contributed by atoms with van der Waals surface area (Å²) in [4.78, 5) is 15.9. The van der Waals surface area contributed by atoms with Crippen LogP contribution in [-0.4, -0.2) is 10.9 Å². The van der Waals surface area contributed by atoms with Gasteiger partial charge in [-0.25, -0.2) is 4.98 Å². The number of carbonyl (C=O) groups is 1. The predicted octanol–water partition coefficient (Wildman–Crippen LogP) is 3.46. The van der Waals surface area contributed by atoms with Crippen LogP contribution in [0.25, 0.3) is 22.6 Å². The van der Waals surface area contributed by atoms with Crippen LogP contribution in [0, 0.1) is 11.8 Å². The van der Waals surface area contributed by atoms with Gasteiger partial charge in [0.25, 0.3) is 5.91 Å². The summed E-state index contributed by atoms with van der Waals surface area (Å²) in [6.45, 7) is 1.62. The van der Waals surface area contributed by atoms with Crippen molar-refractivity contribution in [2.45, 2.75) is 6.92 Å². The predicted molar refractivity (Wildman–Crippen MR) is 81.5 cm³/mol. The van der Waals surface area contributed by atoms with Crippen molar-refractivity contribution < 1.29 is 9.21 Å². The molecule has 4 nitrogen and oxygen atoms in total. The number of hydrogen-bond donors (Lipinski definition) is 1. The van der Waals surface area contributed by atoms with Gasteiger partial charge < -0.3 is 9.73 Å². The molecule has 0 unspecified atom stereocenters. The van der Waals surface area contributed by atoms with Crippen molar-refractivity contribution in [1.82, 2.24) is 4.98 Å². The summed E-state index contributed by atoms with van der Waals surface area (Å²) in [6.07, 6.45) is 0. The Bertz CT molecular complexity index is 855. The fourth-order valence-electron chi connectivity index (χ4n) is 1.98. The molecule has 0 saturated heterocycles. The highest BCUT2D eigenvalue weighted by molar-refractivity contribution is 6.04. The summed E-state index contributed by atoms with van der Waals surface area (Å²) in [7, 11) is 0. The highest BCUT2D eigenvalue weighted by Gasteiger charge is 2.09. The van der Waals surface area contributed by atoms with Crippen LogP contribution >= 0.6 is 0 Å². The summed E-state index contributed by atoms with van der Waals surface area (Å²) < 4.78 is 5.74. The zero-order chi connectivity index (χ0) is 14.7. The molecule has 2 aromatic carbocycles. The van der Waals surface area contributed by atoms with Crippen molar-refractivity contribution in [2.75, 3.05) is 5.32 Å². The number of benzene rings is 2. The number of fused-ring (bicyclic) bond motifs is 1. The zero-order valence-electron chi connectivity index (χ0n) is 11.4. The standard InChI is InChI=1S/C17H12N2O2/c1-2-6-16(20)18-13-9-10-14-15(11-13)21-17(19-14)12-7-4-3-5-8-12/h3-5,7-11H,1H3,(H,18,20). The maximum atomic E-state index is 11.4. The molecular weight excluding hydrogens is 264 g/mol. The van der Waals surface area contributed by atoms with Crippen LogP contribution in [0.15, 0.2) is 52.9 Å². The van der Waals surface area contributed by atoms with Gasteiger partial charge in [0.05, 0.1) is 0 Å². The van der Waals surface area contributed by atoms with E-state index in [-0.39, 0.29) is 5.91 Å². The Morgan fingerprint density at radius 1 is 1.19 bits per heavy atom. The molecule has 0 fully saturated rings. The third kappa shape index (κ3) is 2.77. The van der Waals surface area contributed by atoms with Gasteiger partial charge in [0.1, 0.15) is 5.52 Å². The van der Waals surface area contributed by atoms with Gasteiger partial charge in [-0.15, -0.1) is 0 Å². The third-order valence-electron chi connectivity index (χ3n) is 2.91. The summed E-state index contributed by atoms with van der Waals surface area (Å²) >= 11 is 0. The SMILES string of the molecule is CC#CC(=O)Nc1ccc2nc(-c3ccccc3)oc2c1. The fourth-order valence-corrected chi connectivity index (χ4v) is 1.98. The lowest BCUT2D eigenvalue weighted by molar-refractivity contribution is -0.111. The van der Waals surface area contributed by atoms with Gasteiger partial charge in [-0.2, -0.15) is 0 Å². The zero-order valence-corrected chi connectivity index (χ0v) is 11.4. The number of nitrogens with one attached hydrogen (secondary N) is 1. The first-order valence-corrected chi connectivity index (χ1v) is 6.46. The molecule has 4 heteroatoms. The minimum Gasteiger partial charge on any atom is -0.436 e. The second-order valence-electron chi connectivity index (χ2n) is 4.40. The van der Waals surface area contributed by atoms with Crippen molar-refractivity contribution >= 4 is 22.7 Å². The van der Waals surface area contributed by atoms with Crippen molar-refractivity contribution in [2.24, 2.45) is 0 Å². The highest BCUT2D eigenvalue weighted by Crippen LogP contribution is 2.26. The Balaban J connectivity index is 1.95. The average molecular weight is 276 g/mol. The van der Waals surface area contributed by atoms with E-state index >= 15 is 0 Å². The Labute approximate surface area is 121 Å². The molecule has 1 amide bonds. The van der Waals surface area contributed by atoms with Gasteiger partial charge in [0.15, 0.2) is 5.58 Å². The van der Waals surface area contributed by atoms with E-state index in [4.69, 9.17) is 4.42 Å². The molecule has 3 aromatic rings. The first-order valence-electron chi connectivity index (χ1n) is 6.46. The molecule has 1 aromatic heterocycles. The number of hydrogen-bond acceptors (Lipinski definition) is 3. The number of rotatable bonds is 2.